The molecule has 0 fully saturated rings. The summed E-state index contributed by atoms with van der Waals surface area (Å²) in [6.07, 6.45) is 74.0. The van der Waals surface area contributed by atoms with Crippen LogP contribution in [0.15, 0.2) is 94.8 Å². The van der Waals surface area contributed by atoms with E-state index >= 15 is 0 Å². The van der Waals surface area contributed by atoms with E-state index in [9.17, 15) is 45.1 Å². The zero-order valence-corrected chi connectivity index (χ0v) is 64.9. The number of esters is 4. The van der Waals surface area contributed by atoms with Gasteiger partial charge in [-0.1, -0.05) is 307 Å². The maximum Gasteiger partial charge on any atom is 2.00 e. The van der Waals surface area contributed by atoms with Crippen molar-refractivity contribution in [3.8, 4) is 0 Å². The summed E-state index contributed by atoms with van der Waals surface area (Å²) in [5.41, 5.74) is -0.831. The van der Waals surface area contributed by atoms with Crippen LogP contribution in [0.1, 0.15) is 377 Å². The number of rotatable bonds is 62. The first-order valence-corrected chi connectivity index (χ1v) is 40.9. The minimum atomic E-state index is -4.83. The Hall–Kier alpha value is -3.64. The van der Waals surface area contributed by atoms with Gasteiger partial charge in [-0.15, -0.1) is 0 Å². The molecule has 0 aliphatic rings. The molecule has 2 aromatic carbocycles. The van der Waals surface area contributed by atoms with Gasteiger partial charge in [-0.25, -0.2) is 36.0 Å². The topological polar surface area (TPSA) is 220 Å². The Labute approximate surface area is 620 Å². The molecule has 0 aliphatic carbocycles. The van der Waals surface area contributed by atoms with E-state index in [1.54, 1.807) is 0 Å². The van der Waals surface area contributed by atoms with Crippen LogP contribution in [0.25, 0.3) is 0 Å². The molecule has 0 amide bonds. The SMILES string of the molecule is CCCCCCCCCCCC/C=C/CCOC(=O)c1ccc(S(=O)(=O)[O-])cc1C(=O)OCC/C=C/CCCCCCCCCCCC.CCCCCCCCCCCC/C=C/CCOC(=O)c1ccc(S(=O)(=O)[O-])cc1C(=O)OCC/C=C/CCCCCCCCCCCC.[Ca+2]. The molecule has 0 bridgehead atoms. The number of hydrogen-bond donors (Lipinski definition) is 0. The fraction of sp³-hybridized carbons (Fsp3) is 0.700. The summed E-state index contributed by atoms with van der Waals surface area (Å²) in [4.78, 5) is 50.0. The normalized spacial score (nSPS) is 11.8. The van der Waals surface area contributed by atoms with Crippen molar-refractivity contribution in [2.45, 2.75) is 346 Å². The molecule has 0 aromatic heterocycles. The van der Waals surface area contributed by atoms with Gasteiger partial charge in [0.05, 0.1) is 58.5 Å². The van der Waals surface area contributed by atoms with Crippen LogP contribution in [0.2, 0.25) is 0 Å². The predicted octanol–water partition coefficient (Wildman–Crippen LogP) is 22.5. The molecule has 0 spiro atoms. The first-order valence-electron chi connectivity index (χ1n) is 38.1. The fourth-order valence-corrected chi connectivity index (χ4v) is 12.2. The van der Waals surface area contributed by atoms with Crippen molar-refractivity contribution < 1.29 is 64.1 Å². The minimum absolute atomic E-state index is 0. The van der Waals surface area contributed by atoms with Gasteiger partial charge in [0.15, 0.2) is 0 Å². The van der Waals surface area contributed by atoms with Gasteiger partial charge in [0.1, 0.15) is 20.2 Å². The standard InChI is InChI=1S/2C40H66O7S.Ca/c2*1-3-5-7-9-11-13-15-17-19-21-23-25-27-29-33-46-39(41)37-32-31-36(48(43,44)45)35-38(37)40(42)47-34-30-28-26-24-22-20-18-16-14-12-10-8-6-4-2;/h2*25-28,31-32,35H,3-24,29-30,33-34H2,1-2H3,(H,43,44,45);/q;;+2/p-2/b2*27-25+,28-26+;. The number of carbonyl (C=O) groups excluding carboxylic acids is 4. The largest absolute Gasteiger partial charge is 2.00 e. The van der Waals surface area contributed by atoms with Gasteiger partial charge in [-0.3, -0.25) is 0 Å². The van der Waals surface area contributed by atoms with E-state index in [1.807, 2.05) is 24.3 Å². The Morgan fingerprint density at radius 2 is 0.454 bits per heavy atom. The van der Waals surface area contributed by atoms with Crippen molar-refractivity contribution in [2.75, 3.05) is 26.4 Å². The smallest absolute Gasteiger partial charge is 0.744 e. The van der Waals surface area contributed by atoms with Gasteiger partial charge >= 0.3 is 61.6 Å². The van der Waals surface area contributed by atoms with Gasteiger partial charge in [0.25, 0.3) is 0 Å². The minimum Gasteiger partial charge on any atom is -0.744 e. The van der Waals surface area contributed by atoms with Gasteiger partial charge in [-0.2, -0.15) is 0 Å². The maximum absolute atomic E-state index is 12.8. The number of carbonyl (C=O) groups is 4. The molecule has 14 nitrogen and oxygen atoms in total. The molecule has 97 heavy (non-hydrogen) atoms. The summed E-state index contributed by atoms with van der Waals surface area (Å²) < 4.78 is 90.8. The molecule has 0 heterocycles. The zero-order valence-electron chi connectivity index (χ0n) is 61.1. The molecule has 0 saturated carbocycles. The van der Waals surface area contributed by atoms with Crippen molar-refractivity contribution in [1.29, 1.82) is 0 Å². The molecule has 0 radical (unpaired) electrons. The van der Waals surface area contributed by atoms with Crippen molar-refractivity contribution in [2.24, 2.45) is 0 Å². The zero-order chi connectivity index (χ0) is 70.3. The van der Waals surface area contributed by atoms with Crippen LogP contribution in [0, 0.1) is 0 Å². The van der Waals surface area contributed by atoms with E-state index in [1.165, 1.54) is 231 Å². The molecule has 0 saturated heterocycles. The maximum atomic E-state index is 12.8. The van der Waals surface area contributed by atoms with E-state index in [0.717, 1.165) is 87.8 Å². The average molecular weight is 1420 g/mol. The summed E-state index contributed by atoms with van der Waals surface area (Å²) in [5, 5.41) is 0. The van der Waals surface area contributed by atoms with E-state index in [-0.39, 0.29) is 86.4 Å². The van der Waals surface area contributed by atoms with Crippen LogP contribution in [0.4, 0.5) is 0 Å². The second kappa shape index (κ2) is 65.7. The average Bonchev–Trinajstić information content (AvgIpc) is 0.828. The monoisotopic (exact) mass is 1420 g/mol. The third-order valence-electron chi connectivity index (χ3n) is 17.1. The first-order chi connectivity index (χ1) is 46.6. The molecule has 0 unspecified atom stereocenters. The van der Waals surface area contributed by atoms with Crippen molar-refractivity contribution in [3.05, 3.63) is 107 Å². The number of ether oxygens (including phenoxy) is 4. The molecule has 0 atom stereocenters. The van der Waals surface area contributed by atoms with Crippen LogP contribution >= 0.6 is 0 Å². The van der Waals surface area contributed by atoms with E-state index < -0.39 is 53.9 Å². The Bertz CT molecular complexity index is 2470. The van der Waals surface area contributed by atoms with Gasteiger partial charge in [0.2, 0.25) is 0 Å². The second-order valence-electron chi connectivity index (χ2n) is 25.8. The van der Waals surface area contributed by atoms with E-state index in [0.29, 0.717) is 25.7 Å². The molecular formula is C80H130CaO14S2. The predicted molar refractivity (Wildman–Crippen MR) is 397 cm³/mol. The third-order valence-corrected chi connectivity index (χ3v) is 18.7. The number of hydrogen-bond acceptors (Lipinski definition) is 14. The molecule has 548 valence electrons. The van der Waals surface area contributed by atoms with Gasteiger partial charge < -0.3 is 28.1 Å². The van der Waals surface area contributed by atoms with E-state index in [4.69, 9.17) is 18.9 Å². The quantitative estimate of drug-likeness (QED) is 0.0150. The summed E-state index contributed by atoms with van der Waals surface area (Å²) in [6, 6.07) is 6.09. The van der Waals surface area contributed by atoms with E-state index in [2.05, 4.69) is 52.0 Å². The van der Waals surface area contributed by atoms with Gasteiger partial charge in [0, 0.05) is 0 Å². The Morgan fingerprint density at radius 3 is 0.649 bits per heavy atom. The summed E-state index contributed by atoms with van der Waals surface area (Å²) >= 11 is 0. The Balaban J connectivity index is 0.00000188. The van der Waals surface area contributed by atoms with Gasteiger partial charge in [-0.05, 0) is 113 Å². The molecule has 2 rings (SSSR count). The van der Waals surface area contributed by atoms with Crippen molar-refractivity contribution in [3.63, 3.8) is 0 Å². The summed E-state index contributed by atoms with van der Waals surface area (Å²) in [5.74, 6) is -3.27. The molecule has 2 aromatic rings. The van der Waals surface area contributed by atoms with Crippen molar-refractivity contribution in [1.82, 2.24) is 0 Å². The molecular weight excluding hydrogens is 1290 g/mol. The molecule has 0 N–H and O–H groups in total. The van der Waals surface area contributed by atoms with Crippen LogP contribution < -0.4 is 0 Å². The number of unbranched alkanes of at least 4 members (excludes halogenated alkanes) is 40. The third kappa shape index (κ3) is 53.8. The first kappa shape index (κ1) is 93.4. The fourth-order valence-electron chi connectivity index (χ4n) is 11.2. The molecule has 0 aliphatic heterocycles. The summed E-state index contributed by atoms with van der Waals surface area (Å²) in [7, 11) is -9.65. The Kier molecular flexibility index (Phi) is 63.2. The summed E-state index contributed by atoms with van der Waals surface area (Å²) in [6.45, 7) is 9.34. The number of allylic oxidation sites excluding steroid dienone is 4. The van der Waals surface area contributed by atoms with Crippen LogP contribution in [-0.2, 0) is 39.2 Å². The molecule has 17 heteroatoms. The van der Waals surface area contributed by atoms with Crippen LogP contribution in [0.3, 0.4) is 0 Å². The number of benzene rings is 2. The Morgan fingerprint density at radius 1 is 0.278 bits per heavy atom. The van der Waals surface area contributed by atoms with Crippen LogP contribution in [-0.4, -0.2) is 114 Å². The van der Waals surface area contributed by atoms with Crippen LogP contribution in [0.5, 0.6) is 0 Å². The second-order valence-corrected chi connectivity index (χ2v) is 28.5. The van der Waals surface area contributed by atoms with Crippen molar-refractivity contribution >= 4 is 81.9 Å².